The minimum Gasteiger partial charge on any atom is -0.493 e. The first-order chi connectivity index (χ1) is 9.78. The first-order valence-electron chi connectivity index (χ1n) is 6.26. The normalized spacial score (nSPS) is 13.2. The second-order valence-corrected chi connectivity index (χ2v) is 5.05. The zero-order chi connectivity index (χ0) is 16.2. The number of nitrogens with one attached hydrogen (secondary N) is 1. The van der Waals surface area contributed by atoms with Crippen LogP contribution >= 0.6 is 11.6 Å². The van der Waals surface area contributed by atoms with E-state index in [-0.39, 0.29) is 17.0 Å². The largest absolute Gasteiger partial charge is 0.493 e. The Morgan fingerprint density at radius 2 is 1.95 bits per heavy atom. The van der Waals surface area contributed by atoms with E-state index in [1.165, 1.54) is 33.3 Å². The van der Waals surface area contributed by atoms with Gasteiger partial charge >= 0.3 is 5.97 Å². The number of ether oxygens (including phenoxy) is 2. The molecule has 1 aromatic rings. The molecule has 1 aromatic carbocycles. The number of halogens is 1. The minimum absolute atomic E-state index is 0.193. The Labute approximate surface area is 128 Å². The molecule has 7 heteroatoms. The van der Waals surface area contributed by atoms with Gasteiger partial charge in [-0.1, -0.05) is 18.5 Å². The van der Waals surface area contributed by atoms with E-state index in [0.29, 0.717) is 11.5 Å². The van der Waals surface area contributed by atoms with E-state index in [4.69, 9.17) is 21.1 Å². The van der Waals surface area contributed by atoms with Crippen molar-refractivity contribution in [1.82, 2.24) is 5.32 Å². The Morgan fingerprint density at radius 3 is 2.38 bits per heavy atom. The van der Waals surface area contributed by atoms with Crippen molar-refractivity contribution >= 4 is 23.5 Å². The van der Waals surface area contributed by atoms with E-state index in [2.05, 4.69) is 5.32 Å². The van der Waals surface area contributed by atoms with Crippen LogP contribution in [0.15, 0.2) is 12.1 Å². The predicted octanol–water partition coefficient (Wildman–Crippen LogP) is 2.34. The highest BCUT2D eigenvalue weighted by Gasteiger charge is 2.33. The third-order valence-electron chi connectivity index (χ3n) is 3.26. The number of hydrogen-bond acceptors (Lipinski definition) is 4. The number of rotatable bonds is 6. The molecule has 0 heterocycles. The summed E-state index contributed by atoms with van der Waals surface area (Å²) in [5.74, 6) is -1.05. The Morgan fingerprint density at radius 1 is 1.33 bits per heavy atom. The molecule has 0 aromatic heterocycles. The van der Waals surface area contributed by atoms with Crippen LogP contribution in [0, 0.1) is 0 Å². The van der Waals surface area contributed by atoms with Gasteiger partial charge < -0.3 is 19.9 Å². The van der Waals surface area contributed by atoms with Gasteiger partial charge in [-0.25, -0.2) is 4.79 Å². The first kappa shape index (κ1) is 17.1. The smallest absolute Gasteiger partial charge is 0.329 e. The van der Waals surface area contributed by atoms with Crippen LogP contribution in [-0.2, 0) is 4.79 Å². The Kier molecular flexibility index (Phi) is 5.43. The summed E-state index contributed by atoms with van der Waals surface area (Å²) in [4.78, 5) is 23.4. The van der Waals surface area contributed by atoms with Crippen molar-refractivity contribution in [3.05, 3.63) is 22.7 Å². The van der Waals surface area contributed by atoms with Crippen molar-refractivity contribution < 1.29 is 24.2 Å². The lowest BCUT2D eigenvalue weighted by Gasteiger charge is -2.24. The fourth-order valence-electron chi connectivity index (χ4n) is 1.66. The lowest BCUT2D eigenvalue weighted by molar-refractivity contribution is -0.143. The molecule has 21 heavy (non-hydrogen) atoms. The number of carboxylic acids is 1. The van der Waals surface area contributed by atoms with E-state index >= 15 is 0 Å². The van der Waals surface area contributed by atoms with Crippen molar-refractivity contribution in [3.8, 4) is 11.5 Å². The second kappa shape index (κ2) is 6.67. The summed E-state index contributed by atoms with van der Waals surface area (Å²) < 4.78 is 10.2. The fourth-order valence-corrected chi connectivity index (χ4v) is 1.95. The zero-order valence-electron chi connectivity index (χ0n) is 12.3. The number of carboxylic acid groups (broad SMARTS) is 1. The standard InChI is InChI=1S/C14H18ClNO5/c1-5-14(2,13(18)19)16-12(17)8-6-9(15)11(21-4)10(7-8)20-3/h6-7H,5H2,1-4H3,(H,16,17)(H,18,19). The summed E-state index contributed by atoms with van der Waals surface area (Å²) in [6.07, 6.45) is 0.245. The van der Waals surface area contributed by atoms with Crippen LogP contribution in [-0.4, -0.2) is 36.7 Å². The van der Waals surface area contributed by atoms with E-state index in [1.807, 2.05) is 0 Å². The lowest BCUT2D eigenvalue weighted by atomic mass is 9.98. The molecular formula is C14H18ClNO5. The number of aliphatic carboxylic acids is 1. The third-order valence-corrected chi connectivity index (χ3v) is 3.55. The highest BCUT2D eigenvalue weighted by atomic mass is 35.5. The molecular weight excluding hydrogens is 298 g/mol. The Hall–Kier alpha value is -1.95. The van der Waals surface area contributed by atoms with E-state index in [1.54, 1.807) is 6.92 Å². The van der Waals surface area contributed by atoms with Crippen LogP contribution < -0.4 is 14.8 Å². The van der Waals surface area contributed by atoms with Gasteiger partial charge in [-0.2, -0.15) is 0 Å². The molecule has 0 spiro atoms. The van der Waals surface area contributed by atoms with E-state index < -0.39 is 17.4 Å². The van der Waals surface area contributed by atoms with Crippen LogP contribution in [0.1, 0.15) is 30.6 Å². The third kappa shape index (κ3) is 3.58. The van der Waals surface area contributed by atoms with Crippen molar-refractivity contribution in [2.75, 3.05) is 14.2 Å². The zero-order valence-corrected chi connectivity index (χ0v) is 13.1. The molecule has 1 atom stereocenters. The molecule has 0 saturated heterocycles. The molecule has 116 valence electrons. The maximum absolute atomic E-state index is 12.2. The first-order valence-corrected chi connectivity index (χ1v) is 6.64. The van der Waals surface area contributed by atoms with Gasteiger partial charge in [-0.15, -0.1) is 0 Å². The van der Waals surface area contributed by atoms with Crippen molar-refractivity contribution in [2.24, 2.45) is 0 Å². The van der Waals surface area contributed by atoms with Crippen LogP contribution in [0.5, 0.6) is 11.5 Å². The Bertz CT molecular complexity index is 561. The highest BCUT2D eigenvalue weighted by Crippen LogP contribution is 2.36. The molecule has 1 unspecified atom stereocenters. The van der Waals surface area contributed by atoms with Gasteiger partial charge in [0.25, 0.3) is 5.91 Å². The van der Waals surface area contributed by atoms with Gasteiger partial charge in [0.2, 0.25) is 0 Å². The summed E-state index contributed by atoms with van der Waals surface area (Å²) in [6.45, 7) is 3.12. The topological polar surface area (TPSA) is 84.9 Å². The van der Waals surface area contributed by atoms with Crippen molar-refractivity contribution in [1.29, 1.82) is 0 Å². The highest BCUT2D eigenvalue weighted by molar-refractivity contribution is 6.32. The van der Waals surface area contributed by atoms with Gasteiger partial charge in [0.15, 0.2) is 11.5 Å². The summed E-state index contributed by atoms with van der Waals surface area (Å²) in [5.41, 5.74) is -1.16. The van der Waals surface area contributed by atoms with Crippen molar-refractivity contribution in [3.63, 3.8) is 0 Å². The summed E-state index contributed by atoms with van der Waals surface area (Å²) in [5, 5.41) is 11.9. The minimum atomic E-state index is -1.35. The number of benzene rings is 1. The number of amides is 1. The quantitative estimate of drug-likeness (QED) is 0.841. The fraction of sp³-hybridized carbons (Fsp3) is 0.429. The van der Waals surface area contributed by atoms with Crippen LogP contribution in [0.25, 0.3) is 0 Å². The van der Waals surface area contributed by atoms with Crippen molar-refractivity contribution in [2.45, 2.75) is 25.8 Å². The molecule has 0 aliphatic carbocycles. The second-order valence-electron chi connectivity index (χ2n) is 4.64. The van der Waals surface area contributed by atoms with Gasteiger partial charge in [0, 0.05) is 5.56 Å². The average molecular weight is 316 g/mol. The van der Waals surface area contributed by atoms with Gasteiger partial charge in [-0.05, 0) is 25.5 Å². The van der Waals surface area contributed by atoms with Crippen LogP contribution in [0.4, 0.5) is 0 Å². The molecule has 0 radical (unpaired) electrons. The van der Waals surface area contributed by atoms with Crippen LogP contribution in [0.2, 0.25) is 5.02 Å². The van der Waals surface area contributed by atoms with E-state index in [9.17, 15) is 14.7 Å². The summed E-state index contributed by atoms with van der Waals surface area (Å²) >= 11 is 6.02. The van der Waals surface area contributed by atoms with Crippen LogP contribution in [0.3, 0.4) is 0 Å². The molecule has 2 N–H and O–H groups in total. The summed E-state index contributed by atoms with van der Waals surface area (Å²) in [6, 6.07) is 2.84. The van der Waals surface area contributed by atoms with E-state index in [0.717, 1.165) is 0 Å². The SMILES string of the molecule is CCC(C)(NC(=O)c1cc(Cl)c(OC)c(OC)c1)C(=O)O. The predicted molar refractivity (Wildman–Crippen MR) is 78.4 cm³/mol. The molecule has 0 fully saturated rings. The molecule has 0 bridgehead atoms. The summed E-state index contributed by atoms with van der Waals surface area (Å²) in [7, 11) is 2.85. The van der Waals surface area contributed by atoms with Gasteiger partial charge in [0.05, 0.1) is 19.2 Å². The average Bonchev–Trinajstić information content (AvgIpc) is 2.45. The molecule has 1 rings (SSSR count). The molecule has 0 saturated carbocycles. The maximum Gasteiger partial charge on any atom is 0.329 e. The molecule has 1 amide bonds. The molecule has 0 aliphatic rings. The maximum atomic E-state index is 12.2. The Balaban J connectivity index is 3.14. The monoisotopic (exact) mass is 315 g/mol. The number of carbonyl (C=O) groups is 2. The molecule has 6 nitrogen and oxygen atoms in total. The lowest BCUT2D eigenvalue weighted by Crippen LogP contribution is -2.51. The van der Waals surface area contributed by atoms with Gasteiger partial charge in [0.1, 0.15) is 5.54 Å². The van der Waals surface area contributed by atoms with Gasteiger partial charge in [-0.3, -0.25) is 4.79 Å². The number of methoxy groups -OCH3 is 2. The molecule has 0 aliphatic heterocycles. The number of carbonyl (C=O) groups excluding carboxylic acids is 1. The number of hydrogen-bond donors (Lipinski definition) is 2.